The van der Waals surface area contributed by atoms with E-state index in [1.54, 1.807) is 11.9 Å². The average Bonchev–Trinajstić information content (AvgIpc) is 2.99. The largest absolute Gasteiger partial charge is 0.337 e. The molecule has 1 aromatic heterocycles. The summed E-state index contributed by atoms with van der Waals surface area (Å²) in [6, 6.07) is 8.06. The number of para-hydroxylation sites is 1. The van der Waals surface area contributed by atoms with Crippen LogP contribution in [0.15, 0.2) is 36.7 Å². The molecule has 1 heterocycles. The number of urea groups is 1. The van der Waals surface area contributed by atoms with E-state index in [0.29, 0.717) is 18.3 Å². The molecular formula is C18H26N4OS. The van der Waals surface area contributed by atoms with E-state index in [0.717, 1.165) is 17.0 Å². The monoisotopic (exact) mass is 346 g/mol. The molecule has 0 saturated carbocycles. The zero-order valence-electron chi connectivity index (χ0n) is 14.8. The normalized spacial score (nSPS) is 10.9. The molecule has 0 spiro atoms. The van der Waals surface area contributed by atoms with Gasteiger partial charge in [-0.05, 0) is 23.8 Å². The number of nitrogens with one attached hydrogen (secondary N) is 1. The molecule has 2 aromatic rings. The van der Waals surface area contributed by atoms with E-state index in [1.807, 2.05) is 47.0 Å². The molecule has 2 rings (SSSR count). The Kier molecular flexibility index (Phi) is 6.73. The number of carbonyl (C=O) groups is 1. The minimum atomic E-state index is -0.0528. The number of nitrogens with zero attached hydrogens (tertiary/aromatic N) is 3. The van der Waals surface area contributed by atoms with Crippen molar-refractivity contribution in [2.75, 3.05) is 19.3 Å². The van der Waals surface area contributed by atoms with Gasteiger partial charge in [-0.2, -0.15) is 16.9 Å². The maximum absolute atomic E-state index is 12.1. The molecule has 24 heavy (non-hydrogen) atoms. The van der Waals surface area contributed by atoms with Gasteiger partial charge >= 0.3 is 6.03 Å². The van der Waals surface area contributed by atoms with E-state index in [1.165, 1.54) is 5.56 Å². The minimum Gasteiger partial charge on any atom is -0.337 e. The fourth-order valence-corrected chi connectivity index (χ4v) is 3.02. The summed E-state index contributed by atoms with van der Waals surface area (Å²) in [7, 11) is 1.80. The predicted octanol–water partition coefficient (Wildman–Crippen LogP) is 3.46. The van der Waals surface area contributed by atoms with Crippen molar-refractivity contribution in [2.24, 2.45) is 0 Å². The van der Waals surface area contributed by atoms with Crippen molar-refractivity contribution in [1.82, 2.24) is 20.0 Å². The molecule has 0 aliphatic carbocycles. The molecule has 0 aliphatic heterocycles. The Labute approximate surface area is 148 Å². The Hall–Kier alpha value is -1.95. The molecule has 6 heteroatoms. The van der Waals surface area contributed by atoms with Gasteiger partial charge in [0.25, 0.3) is 0 Å². The molecule has 0 aliphatic rings. The smallest absolute Gasteiger partial charge is 0.317 e. The van der Waals surface area contributed by atoms with Gasteiger partial charge in [0.1, 0.15) is 0 Å². The summed E-state index contributed by atoms with van der Waals surface area (Å²) in [6.07, 6.45) is 3.78. The van der Waals surface area contributed by atoms with Crippen LogP contribution in [0.4, 0.5) is 4.79 Å². The van der Waals surface area contributed by atoms with E-state index >= 15 is 0 Å². The summed E-state index contributed by atoms with van der Waals surface area (Å²) in [6.45, 7) is 7.60. The van der Waals surface area contributed by atoms with Crippen molar-refractivity contribution in [3.05, 3.63) is 47.8 Å². The SMILES string of the molecule is Cc1ccccc1-n1cc(CN(C)C(=O)NCCSC(C)C)cn1. The molecule has 5 nitrogen and oxygen atoms in total. The van der Waals surface area contributed by atoms with Gasteiger partial charge in [-0.3, -0.25) is 0 Å². The van der Waals surface area contributed by atoms with Crippen LogP contribution in [0.1, 0.15) is 25.0 Å². The van der Waals surface area contributed by atoms with Gasteiger partial charge < -0.3 is 10.2 Å². The number of carbonyl (C=O) groups excluding carboxylic acids is 1. The Morgan fingerprint density at radius 1 is 1.38 bits per heavy atom. The topological polar surface area (TPSA) is 50.2 Å². The van der Waals surface area contributed by atoms with Crippen LogP contribution in [0.2, 0.25) is 0 Å². The van der Waals surface area contributed by atoms with Crippen molar-refractivity contribution in [1.29, 1.82) is 0 Å². The lowest BCUT2D eigenvalue weighted by atomic mass is 10.2. The second-order valence-electron chi connectivity index (χ2n) is 6.09. The zero-order valence-corrected chi connectivity index (χ0v) is 15.6. The van der Waals surface area contributed by atoms with E-state index in [-0.39, 0.29) is 6.03 Å². The first-order valence-corrected chi connectivity index (χ1v) is 9.22. The third-order valence-corrected chi connectivity index (χ3v) is 4.70. The fraction of sp³-hybridized carbons (Fsp3) is 0.444. The average molecular weight is 346 g/mol. The van der Waals surface area contributed by atoms with Crippen LogP contribution < -0.4 is 5.32 Å². The summed E-state index contributed by atoms with van der Waals surface area (Å²) < 4.78 is 1.86. The zero-order chi connectivity index (χ0) is 17.5. The van der Waals surface area contributed by atoms with E-state index in [9.17, 15) is 4.79 Å². The van der Waals surface area contributed by atoms with Crippen LogP contribution in [0.3, 0.4) is 0 Å². The maximum Gasteiger partial charge on any atom is 0.317 e. The van der Waals surface area contributed by atoms with Gasteiger partial charge in [0.2, 0.25) is 0 Å². The summed E-state index contributed by atoms with van der Waals surface area (Å²) in [5.41, 5.74) is 3.23. The number of amides is 2. The van der Waals surface area contributed by atoms with Crippen LogP contribution in [-0.4, -0.2) is 45.3 Å². The summed E-state index contributed by atoms with van der Waals surface area (Å²) in [4.78, 5) is 13.8. The van der Waals surface area contributed by atoms with Crippen molar-refractivity contribution >= 4 is 17.8 Å². The molecule has 0 atom stereocenters. The number of hydrogen-bond donors (Lipinski definition) is 1. The summed E-state index contributed by atoms with van der Waals surface area (Å²) in [5, 5.41) is 7.94. The van der Waals surface area contributed by atoms with Gasteiger partial charge in [0, 0.05) is 31.1 Å². The molecule has 0 bridgehead atoms. The van der Waals surface area contributed by atoms with Crippen LogP contribution in [0.25, 0.3) is 5.69 Å². The van der Waals surface area contributed by atoms with Crippen LogP contribution in [0.5, 0.6) is 0 Å². The second kappa shape index (κ2) is 8.78. The lowest BCUT2D eigenvalue weighted by molar-refractivity contribution is 0.207. The highest BCUT2D eigenvalue weighted by atomic mass is 32.2. The lowest BCUT2D eigenvalue weighted by Crippen LogP contribution is -2.37. The number of rotatable bonds is 7. The number of aryl methyl sites for hydroxylation is 1. The Morgan fingerprint density at radius 2 is 2.12 bits per heavy atom. The van der Waals surface area contributed by atoms with E-state index in [2.05, 4.69) is 37.3 Å². The Morgan fingerprint density at radius 3 is 2.83 bits per heavy atom. The van der Waals surface area contributed by atoms with Crippen LogP contribution >= 0.6 is 11.8 Å². The highest BCUT2D eigenvalue weighted by Gasteiger charge is 2.10. The molecule has 0 saturated heterocycles. The molecule has 0 radical (unpaired) electrons. The van der Waals surface area contributed by atoms with Gasteiger partial charge in [-0.1, -0.05) is 32.0 Å². The van der Waals surface area contributed by atoms with Crippen LogP contribution in [0, 0.1) is 6.92 Å². The third kappa shape index (κ3) is 5.30. The molecule has 0 unspecified atom stereocenters. The number of hydrogen-bond acceptors (Lipinski definition) is 3. The Balaban J connectivity index is 1.87. The van der Waals surface area contributed by atoms with Gasteiger partial charge in [0.05, 0.1) is 18.4 Å². The van der Waals surface area contributed by atoms with Gasteiger partial charge in [-0.25, -0.2) is 9.48 Å². The maximum atomic E-state index is 12.1. The number of aromatic nitrogens is 2. The van der Waals surface area contributed by atoms with Crippen molar-refractivity contribution < 1.29 is 4.79 Å². The Bertz CT molecular complexity index is 669. The predicted molar refractivity (Wildman–Crippen MR) is 101 cm³/mol. The van der Waals surface area contributed by atoms with Gasteiger partial charge in [-0.15, -0.1) is 0 Å². The highest BCUT2D eigenvalue weighted by molar-refractivity contribution is 7.99. The molecule has 2 amide bonds. The highest BCUT2D eigenvalue weighted by Crippen LogP contribution is 2.14. The van der Waals surface area contributed by atoms with Crippen molar-refractivity contribution in [3.63, 3.8) is 0 Å². The third-order valence-electron chi connectivity index (χ3n) is 3.59. The van der Waals surface area contributed by atoms with Crippen LogP contribution in [-0.2, 0) is 6.54 Å². The lowest BCUT2D eigenvalue weighted by Gasteiger charge is -2.17. The first-order chi connectivity index (χ1) is 11.5. The fourth-order valence-electron chi connectivity index (χ4n) is 2.33. The molecule has 1 N–H and O–H groups in total. The van der Waals surface area contributed by atoms with Crippen molar-refractivity contribution in [3.8, 4) is 5.69 Å². The second-order valence-corrected chi connectivity index (χ2v) is 7.77. The first-order valence-electron chi connectivity index (χ1n) is 8.17. The van der Waals surface area contributed by atoms with E-state index in [4.69, 9.17) is 0 Å². The molecular weight excluding hydrogens is 320 g/mol. The first kappa shape index (κ1) is 18.4. The standard InChI is InChI=1S/C18H26N4OS/c1-14(2)24-10-9-19-18(23)21(4)12-16-11-20-22(13-16)17-8-6-5-7-15(17)3/h5-8,11,13-14H,9-10,12H2,1-4H3,(H,19,23). The minimum absolute atomic E-state index is 0.0528. The molecule has 130 valence electrons. The molecule has 1 aromatic carbocycles. The molecule has 0 fully saturated rings. The van der Waals surface area contributed by atoms with Gasteiger partial charge in [0.15, 0.2) is 0 Å². The van der Waals surface area contributed by atoms with Crippen molar-refractivity contribution in [2.45, 2.75) is 32.6 Å². The summed E-state index contributed by atoms with van der Waals surface area (Å²) >= 11 is 1.84. The quantitative estimate of drug-likeness (QED) is 0.781. The number of thioether (sulfide) groups is 1. The summed E-state index contributed by atoms with van der Waals surface area (Å²) in [5.74, 6) is 0.933. The van der Waals surface area contributed by atoms with E-state index < -0.39 is 0 Å². The number of benzene rings is 1.